The zero-order valence-electron chi connectivity index (χ0n) is 9.77. The second kappa shape index (κ2) is 6.47. The SMILES string of the molecule is CC(c1ccccc1)n1c(Br)nc(F)c1C(=O)O.[Ag]. The Kier molecular flexibility index (Phi) is 5.49. The number of aromatic carboxylic acids is 1. The Balaban J connectivity index is 0.00000180. The molecule has 1 N–H and O–H groups in total. The number of rotatable bonds is 3. The molecule has 1 aromatic heterocycles. The van der Waals surface area contributed by atoms with Crippen LogP contribution >= 0.6 is 15.9 Å². The number of benzene rings is 1. The molecule has 1 unspecified atom stereocenters. The Labute approximate surface area is 133 Å². The van der Waals surface area contributed by atoms with Gasteiger partial charge in [-0.15, -0.1) is 0 Å². The van der Waals surface area contributed by atoms with E-state index in [9.17, 15) is 9.18 Å². The second-order valence-corrected chi connectivity index (χ2v) is 4.49. The maximum Gasteiger partial charge on any atom is 0.357 e. The number of halogens is 2. The van der Waals surface area contributed by atoms with Crippen molar-refractivity contribution >= 4 is 21.9 Å². The third kappa shape index (κ3) is 3.14. The van der Waals surface area contributed by atoms with E-state index >= 15 is 0 Å². The summed E-state index contributed by atoms with van der Waals surface area (Å²) in [5, 5.41) is 9.03. The fourth-order valence-corrected chi connectivity index (χ4v) is 2.44. The molecule has 1 aromatic carbocycles. The zero-order valence-corrected chi connectivity index (χ0v) is 12.8. The van der Waals surface area contributed by atoms with Crippen molar-refractivity contribution in [2.24, 2.45) is 0 Å². The third-order valence-electron chi connectivity index (χ3n) is 2.70. The van der Waals surface area contributed by atoms with E-state index in [0.29, 0.717) is 0 Å². The van der Waals surface area contributed by atoms with Crippen molar-refractivity contribution in [1.82, 2.24) is 9.55 Å². The molecule has 7 heteroatoms. The van der Waals surface area contributed by atoms with Gasteiger partial charge in [0.2, 0.25) is 5.95 Å². The maximum atomic E-state index is 13.5. The van der Waals surface area contributed by atoms with Crippen LogP contribution in [0, 0.1) is 5.95 Å². The van der Waals surface area contributed by atoms with E-state index in [2.05, 4.69) is 20.9 Å². The predicted molar refractivity (Wildman–Crippen MR) is 67.1 cm³/mol. The van der Waals surface area contributed by atoms with Gasteiger partial charge < -0.3 is 9.67 Å². The molecule has 1 atom stereocenters. The quantitative estimate of drug-likeness (QED) is 0.776. The van der Waals surface area contributed by atoms with Crippen molar-refractivity contribution in [3.8, 4) is 0 Å². The van der Waals surface area contributed by atoms with Crippen LogP contribution in [0.1, 0.15) is 29.0 Å². The number of aromatic nitrogens is 2. The summed E-state index contributed by atoms with van der Waals surface area (Å²) in [7, 11) is 0. The van der Waals surface area contributed by atoms with E-state index in [1.165, 1.54) is 4.57 Å². The summed E-state index contributed by atoms with van der Waals surface area (Å²) in [5.74, 6) is -2.33. The number of hydrogen-bond donors (Lipinski definition) is 1. The number of carboxylic acids is 1. The Morgan fingerprint density at radius 1 is 1.42 bits per heavy atom. The van der Waals surface area contributed by atoms with Crippen LogP contribution in [-0.4, -0.2) is 20.6 Å². The standard InChI is InChI=1S/C12H10BrFN2O2.Ag/c1-7(8-5-3-2-4-6-8)16-9(11(17)18)10(14)15-12(16)13;/h2-7H,1H3,(H,17,18);. The van der Waals surface area contributed by atoms with Crippen LogP contribution in [-0.2, 0) is 22.4 Å². The van der Waals surface area contributed by atoms with Gasteiger partial charge in [-0.05, 0) is 28.4 Å². The van der Waals surface area contributed by atoms with Gasteiger partial charge in [-0.1, -0.05) is 30.3 Å². The molecule has 0 aliphatic rings. The average Bonchev–Trinajstić information content (AvgIpc) is 2.64. The summed E-state index contributed by atoms with van der Waals surface area (Å²) in [4.78, 5) is 14.6. The molecule has 1 heterocycles. The first-order valence-corrected chi connectivity index (χ1v) is 6.03. The minimum Gasteiger partial charge on any atom is -0.476 e. The molecule has 0 bridgehead atoms. The molecule has 0 aliphatic carbocycles. The Hall–Kier alpha value is -0.950. The minimum absolute atomic E-state index is 0. The molecule has 19 heavy (non-hydrogen) atoms. The van der Waals surface area contributed by atoms with Crippen molar-refractivity contribution in [3.63, 3.8) is 0 Å². The molecule has 1 radical (unpaired) electrons. The topological polar surface area (TPSA) is 55.1 Å². The van der Waals surface area contributed by atoms with Gasteiger partial charge in [-0.2, -0.15) is 9.37 Å². The normalized spacial score (nSPS) is 11.7. The summed E-state index contributed by atoms with van der Waals surface area (Å²) in [6, 6.07) is 8.91. The maximum absolute atomic E-state index is 13.5. The van der Waals surface area contributed by atoms with Crippen LogP contribution in [0.5, 0.6) is 0 Å². The van der Waals surface area contributed by atoms with Crippen LogP contribution in [0.2, 0.25) is 0 Å². The summed E-state index contributed by atoms with van der Waals surface area (Å²) >= 11 is 3.08. The summed E-state index contributed by atoms with van der Waals surface area (Å²) in [5.41, 5.74) is 0.427. The van der Waals surface area contributed by atoms with Gasteiger partial charge in [0.15, 0.2) is 10.4 Å². The molecule has 0 saturated carbocycles. The average molecular weight is 421 g/mol. The van der Waals surface area contributed by atoms with Crippen molar-refractivity contribution in [1.29, 1.82) is 0 Å². The Bertz CT molecular complexity index is 589. The molecule has 0 aliphatic heterocycles. The molecule has 0 amide bonds. The van der Waals surface area contributed by atoms with E-state index < -0.39 is 17.6 Å². The zero-order chi connectivity index (χ0) is 13.3. The smallest absolute Gasteiger partial charge is 0.357 e. The number of imidazole rings is 1. The number of carboxylic acid groups (broad SMARTS) is 1. The molecule has 2 aromatic rings. The van der Waals surface area contributed by atoms with Crippen molar-refractivity contribution in [3.05, 3.63) is 52.3 Å². The third-order valence-corrected chi connectivity index (χ3v) is 3.26. The molecule has 4 nitrogen and oxygen atoms in total. The van der Waals surface area contributed by atoms with Crippen LogP contribution in [0.25, 0.3) is 0 Å². The van der Waals surface area contributed by atoms with E-state index in [1.807, 2.05) is 30.3 Å². The predicted octanol–water partition coefficient (Wildman–Crippen LogP) is 3.09. The summed E-state index contributed by atoms with van der Waals surface area (Å²) in [6.45, 7) is 1.79. The molecule has 0 saturated heterocycles. The molecular weight excluding hydrogens is 411 g/mol. The van der Waals surface area contributed by atoms with Crippen molar-refractivity contribution in [2.45, 2.75) is 13.0 Å². The fraction of sp³-hybridized carbons (Fsp3) is 0.167. The first kappa shape index (κ1) is 16.1. The van der Waals surface area contributed by atoms with Gasteiger partial charge in [0, 0.05) is 22.4 Å². The van der Waals surface area contributed by atoms with E-state index in [0.717, 1.165) is 5.56 Å². The van der Waals surface area contributed by atoms with E-state index in [4.69, 9.17) is 5.11 Å². The molecular formula is C12H10AgBrFN2O2. The number of carbonyl (C=O) groups is 1. The minimum atomic E-state index is -1.34. The van der Waals surface area contributed by atoms with Gasteiger partial charge in [0.25, 0.3) is 0 Å². The first-order chi connectivity index (χ1) is 8.52. The Morgan fingerprint density at radius 2 is 2.00 bits per heavy atom. The van der Waals surface area contributed by atoms with E-state index in [1.54, 1.807) is 6.92 Å². The van der Waals surface area contributed by atoms with Crippen LogP contribution in [0.15, 0.2) is 35.1 Å². The fourth-order valence-electron chi connectivity index (χ4n) is 1.80. The largest absolute Gasteiger partial charge is 0.476 e. The monoisotopic (exact) mass is 419 g/mol. The Morgan fingerprint density at radius 3 is 2.53 bits per heavy atom. The van der Waals surface area contributed by atoms with Crippen molar-refractivity contribution < 1.29 is 36.7 Å². The van der Waals surface area contributed by atoms with Gasteiger partial charge >= 0.3 is 5.97 Å². The van der Waals surface area contributed by atoms with Gasteiger partial charge in [0.1, 0.15) is 0 Å². The summed E-state index contributed by atoms with van der Waals surface area (Å²) < 4.78 is 14.9. The summed E-state index contributed by atoms with van der Waals surface area (Å²) in [6.07, 6.45) is 0. The number of nitrogens with zero attached hydrogens (tertiary/aromatic N) is 2. The van der Waals surface area contributed by atoms with Gasteiger partial charge in [-0.3, -0.25) is 0 Å². The molecule has 0 fully saturated rings. The second-order valence-electron chi connectivity index (χ2n) is 3.78. The van der Waals surface area contributed by atoms with Crippen LogP contribution in [0.4, 0.5) is 4.39 Å². The molecule has 2 rings (SSSR count). The van der Waals surface area contributed by atoms with E-state index in [-0.39, 0.29) is 33.2 Å². The molecule has 105 valence electrons. The van der Waals surface area contributed by atoms with Crippen molar-refractivity contribution in [2.75, 3.05) is 0 Å². The first-order valence-electron chi connectivity index (χ1n) is 5.24. The van der Waals surface area contributed by atoms with Gasteiger partial charge in [-0.25, -0.2) is 4.79 Å². The van der Waals surface area contributed by atoms with Gasteiger partial charge in [0.05, 0.1) is 6.04 Å². The van der Waals surface area contributed by atoms with Crippen LogP contribution in [0.3, 0.4) is 0 Å². The van der Waals surface area contributed by atoms with Crippen LogP contribution < -0.4 is 0 Å². The number of hydrogen-bond acceptors (Lipinski definition) is 2. The molecule has 0 spiro atoms.